The molecule has 2 aliphatic rings. The zero-order chi connectivity index (χ0) is 18.4. The molecule has 0 radical (unpaired) electrons. The van der Waals surface area contributed by atoms with E-state index < -0.39 is 0 Å². The first-order valence-corrected chi connectivity index (χ1v) is 9.14. The fourth-order valence-electron chi connectivity index (χ4n) is 4.39. The average molecular weight is 346 g/mol. The van der Waals surface area contributed by atoms with Gasteiger partial charge >= 0.3 is 0 Å². The number of piperidine rings is 1. The molecule has 6 heteroatoms. The van der Waals surface area contributed by atoms with Crippen molar-refractivity contribution >= 4 is 11.7 Å². The highest BCUT2D eigenvalue weighted by atomic mass is 16.2. The first kappa shape index (κ1) is 18.1. The summed E-state index contributed by atoms with van der Waals surface area (Å²) in [6.07, 6.45) is 2.18. The number of ketones is 1. The molecule has 0 aliphatic carbocycles. The van der Waals surface area contributed by atoms with Gasteiger partial charge in [0, 0.05) is 37.8 Å². The third-order valence-electron chi connectivity index (χ3n) is 6.21. The quantitative estimate of drug-likeness (QED) is 0.828. The first-order valence-electron chi connectivity index (χ1n) is 9.14. The van der Waals surface area contributed by atoms with Gasteiger partial charge in [0.2, 0.25) is 0 Å². The van der Waals surface area contributed by atoms with Gasteiger partial charge in [0.05, 0.1) is 11.3 Å². The van der Waals surface area contributed by atoms with Crippen molar-refractivity contribution in [3.05, 3.63) is 22.5 Å². The van der Waals surface area contributed by atoms with Crippen LogP contribution in [0.3, 0.4) is 0 Å². The fourth-order valence-corrected chi connectivity index (χ4v) is 4.39. The van der Waals surface area contributed by atoms with Gasteiger partial charge in [0.25, 0.3) is 5.91 Å². The number of aromatic amines is 1. The van der Waals surface area contributed by atoms with Crippen molar-refractivity contribution in [3.63, 3.8) is 0 Å². The predicted octanol–water partition coefficient (Wildman–Crippen LogP) is 1.69. The molecule has 0 saturated carbocycles. The highest BCUT2D eigenvalue weighted by Gasteiger charge is 2.43. The number of carbonyl (C=O) groups excluding carboxylic acids is 2. The minimum absolute atomic E-state index is 0.0233. The molecule has 0 unspecified atom stereocenters. The molecule has 1 aromatic rings. The molecule has 3 rings (SSSR count). The number of likely N-dealkylation sites (tertiary alicyclic amines) is 1. The van der Waals surface area contributed by atoms with Gasteiger partial charge in [-0.15, -0.1) is 0 Å². The second-order valence-corrected chi connectivity index (χ2v) is 7.86. The lowest BCUT2D eigenvalue weighted by molar-refractivity contribution is -0.0170. The Hall–Kier alpha value is -1.66. The Kier molecular flexibility index (Phi) is 4.77. The van der Waals surface area contributed by atoms with E-state index in [1.165, 1.54) is 6.92 Å². The number of hydrogen-bond acceptors (Lipinski definition) is 4. The summed E-state index contributed by atoms with van der Waals surface area (Å²) < 4.78 is 0. The topological polar surface area (TPSA) is 59.7 Å². The Bertz CT molecular complexity index is 686. The van der Waals surface area contributed by atoms with Gasteiger partial charge in [0.1, 0.15) is 0 Å². The Balaban J connectivity index is 1.85. The van der Waals surface area contributed by atoms with E-state index in [-0.39, 0.29) is 17.2 Å². The van der Waals surface area contributed by atoms with Gasteiger partial charge < -0.3 is 14.8 Å². The minimum Gasteiger partial charge on any atom is -0.355 e. The molecule has 0 bridgehead atoms. The third kappa shape index (κ3) is 3.13. The smallest absolute Gasteiger partial charge is 0.256 e. The highest BCUT2D eigenvalue weighted by Crippen LogP contribution is 2.32. The number of nitrogens with zero attached hydrogens (tertiary/aromatic N) is 3. The lowest BCUT2D eigenvalue weighted by atomic mass is 9.83. The standard InChI is InChI=1S/C19H30N4O2/c1-13-16(14(2)20-17(13)15(3)24)18(25)23-11-10-22(5)19(12-23)6-8-21(4)9-7-19/h20H,6-12H2,1-5H3. The second-order valence-electron chi connectivity index (χ2n) is 7.86. The van der Waals surface area contributed by atoms with Crippen LogP contribution in [-0.4, -0.2) is 83.7 Å². The van der Waals surface area contributed by atoms with E-state index in [9.17, 15) is 9.59 Å². The maximum atomic E-state index is 13.2. The average Bonchev–Trinajstić information content (AvgIpc) is 2.87. The van der Waals surface area contributed by atoms with Crippen LogP contribution in [0.2, 0.25) is 0 Å². The van der Waals surface area contributed by atoms with Crippen molar-refractivity contribution in [3.8, 4) is 0 Å². The highest BCUT2D eigenvalue weighted by molar-refractivity contribution is 6.02. The maximum Gasteiger partial charge on any atom is 0.256 e. The van der Waals surface area contributed by atoms with Crippen LogP contribution in [0.1, 0.15) is 51.9 Å². The summed E-state index contributed by atoms with van der Waals surface area (Å²) in [6.45, 7) is 9.85. The lowest BCUT2D eigenvalue weighted by Crippen LogP contribution is -2.65. The summed E-state index contributed by atoms with van der Waals surface area (Å²) in [5, 5.41) is 0. The summed E-state index contributed by atoms with van der Waals surface area (Å²) in [4.78, 5) is 34.9. The number of aromatic nitrogens is 1. The Labute approximate surface area is 150 Å². The van der Waals surface area contributed by atoms with Crippen LogP contribution in [-0.2, 0) is 0 Å². The summed E-state index contributed by atoms with van der Waals surface area (Å²) in [5.41, 5.74) is 2.90. The summed E-state index contributed by atoms with van der Waals surface area (Å²) >= 11 is 0. The number of piperazine rings is 1. The van der Waals surface area contributed by atoms with E-state index in [4.69, 9.17) is 0 Å². The minimum atomic E-state index is -0.0233. The SMILES string of the molecule is CC(=O)c1[nH]c(C)c(C(=O)N2CCN(C)C3(CCN(C)CC3)C2)c1C. The molecule has 0 atom stereocenters. The van der Waals surface area contributed by atoms with Crippen molar-refractivity contribution in [2.24, 2.45) is 0 Å². The Morgan fingerprint density at radius 3 is 2.24 bits per heavy atom. The van der Waals surface area contributed by atoms with Crippen molar-refractivity contribution in [1.29, 1.82) is 0 Å². The van der Waals surface area contributed by atoms with Crippen molar-refractivity contribution < 1.29 is 9.59 Å². The van der Waals surface area contributed by atoms with Crippen LogP contribution in [0.15, 0.2) is 0 Å². The van der Waals surface area contributed by atoms with Gasteiger partial charge in [-0.25, -0.2) is 0 Å². The number of carbonyl (C=O) groups is 2. The molecule has 1 N–H and O–H groups in total. The number of nitrogens with one attached hydrogen (secondary N) is 1. The normalized spacial score (nSPS) is 21.7. The lowest BCUT2D eigenvalue weighted by Gasteiger charge is -2.52. The number of hydrogen-bond donors (Lipinski definition) is 1. The number of likely N-dealkylation sites (N-methyl/N-ethyl adjacent to an activating group) is 1. The van der Waals surface area contributed by atoms with Gasteiger partial charge in [0.15, 0.2) is 5.78 Å². The van der Waals surface area contributed by atoms with Gasteiger partial charge in [-0.1, -0.05) is 0 Å². The molecular formula is C19H30N4O2. The van der Waals surface area contributed by atoms with Crippen LogP contribution >= 0.6 is 0 Å². The summed E-state index contributed by atoms with van der Waals surface area (Å²) in [7, 11) is 4.35. The summed E-state index contributed by atoms with van der Waals surface area (Å²) in [5.74, 6) is 0.0370. The van der Waals surface area contributed by atoms with Crippen molar-refractivity contribution in [2.45, 2.75) is 39.2 Å². The van der Waals surface area contributed by atoms with Gasteiger partial charge in [-0.3, -0.25) is 14.5 Å². The van der Waals surface area contributed by atoms with Gasteiger partial charge in [-0.05, 0) is 59.4 Å². The van der Waals surface area contributed by atoms with Crippen LogP contribution in [0.4, 0.5) is 0 Å². The van der Waals surface area contributed by atoms with Crippen molar-refractivity contribution in [1.82, 2.24) is 19.7 Å². The molecule has 2 saturated heterocycles. The Morgan fingerprint density at radius 1 is 1.04 bits per heavy atom. The number of rotatable bonds is 2. The largest absolute Gasteiger partial charge is 0.355 e. The number of H-pyrrole nitrogens is 1. The third-order valence-corrected chi connectivity index (χ3v) is 6.21. The van der Waals surface area contributed by atoms with E-state index >= 15 is 0 Å². The van der Waals surface area contributed by atoms with Crippen molar-refractivity contribution in [2.75, 3.05) is 46.8 Å². The molecule has 25 heavy (non-hydrogen) atoms. The summed E-state index contributed by atoms with van der Waals surface area (Å²) in [6, 6.07) is 0. The molecule has 0 aromatic carbocycles. The van der Waals surface area contributed by atoms with E-state index in [1.807, 2.05) is 18.7 Å². The van der Waals surface area contributed by atoms with Crippen LogP contribution in [0.5, 0.6) is 0 Å². The molecule has 2 fully saturated rings. The maximum absolute atomic E-state index is 13.2. The molecule has 1 spiro atoms. The molecule has 2 aliphatic heterocycles. The number of Topliss-reactive ketones (excluding diaryl/α,β-unsaturated/α-hetero) is 1. The zero-order valence-corrected chi connectivity index (χ0v) is 16.1. The van der Waals surface area contributed by atoms with Gasteiger partial charge in [-0.2, -0.15) is 0 Å². The monoisotopic (exact) mass is 346 g/mol. The predicted molar refractivity (Wildman–Crippen MR) is 98.3 cm³/mol. The van der Waals surface area contributed by atoms with Crippen LogP contribution < -0.4 is 0 Å². The molecular weight excluding hydrogens is 316 g/mol. The van der Waals surface area contributed by atoms with E-state index in [1.54, 1.807) is 0 Å². The zero-order valence-electron chi connectivity index (χ0n) is 16.1. The van der Waals surface area contributed by atoms with Crippen LogP contribution in [0.25, 0.3) is 0 Å². The number of aryl methyl sites for hydroxylation is 1. The molecule has 138 valence electrons. The molecule has 1 amide bonds. The van der Waals surface area contributed by atoms with E-state index in [2.05, 4.69) is 28.9 Å². The fraction of sp³-hybridized carbons (Fsp3) is 0.684. The molecule has 3 heterocycles. The van der Waals surface area contributed by atoms with E-state index in [0.29, 0.717) is 11.3 Å². The van der Waals surface area contributed by atoms with Crippen LogP contribution in [0, 0.1) is 13.8 Å². The first-order chi connectivity index (χ1) is 11.7. The number of amides is 1. The Morgan fingerprint density at radius 2 is 1.68 bits per heavy atom. The molecule has 1 aromatic heterocycles. The molecule has 6 nitrogen and oxygen atoms in total. The second kappa shape index (κ2) is 6.57. The van der Waals surface area contributed by atoms with E-state index in [0.717, 1.165) is 56.8 Å².